The zero-order valence-corrected chi connectivity index (χ0v) is 12.8. The molecule has 106 valence electrons. The third-order valence-electron chi connectivity index (χ3n) is 3.43. The van der Waals surface area contributed by atoms with Crippen LogP contribution in [0.1, 0.15) is 45.4 Å². The molecule has 0 saturated carbocycles. The van der Waals surface area contributed by atoms with Crippen LogP contribution < -0.4 is 0 Å². The van der Waals surface area contributed by atoms with Crippen molar-refractivity contribution in [1.29, 1.82) is 0 Å². The Morgan fingerprint density at radius 1 is 1.15 bits per heavy atom. The second kappa shape index (κ2) is 7.09. The lowest BCUT2D eigenvalue weighted by Crippen LogP contribution is -1.96. The van der Waals surface area contributed by atoms with E-state index in [1.54, 1.807) is 0 Å². The van der Waals surface area contributed by atoms with Crippen LogP contribution in [0.15, 0.2) is 42.6 Å². The third-order valence-corrected chi connectivity index (χ3v) is 3.43. The van der Waals surface area contributed by atoms with Gasteiger partial charge in [-0.2, -0.15) is 0 Å². The molecule has 2 heteroatoms. The van der Waals surface area contributed by atoms with E-state index in [4.69, 9.17) is 4.98 Å². The van der Waals surface area contributed by atoms with Crippen LogP contribution in [-0.2, 0) is 7.05 Å². The summed E-state index contributed by atoms with van der Waals surface area (Å²) in [5.41, 5.74) is 3.61. The molecule has 0 saturated heterocycles. The Hall–Kier alpha value is -1.83. The first-order chi connectivity index (χ1) is 9.76. The average molecular weight is 268 g/mol. The number of hydrogen-bond donors (Lipinski definition) is 0. The Balaban J connectivity index is 2.35. The van der Waals surface area contributed by atoms with Crippen molar-refractivity contribution in [2.45, 2.75) is 39.5 Å². The number of benzene rings is 1. The number of hydrogen-bond acceptors (Lipinski definition) is 1. The van der Waals surface area contributed by atoms with Crippen LogP contribution in [-0.4, -0.2) is 9.55 Å². The highest BCUT2D eigenvalue weighted by Gasteiger charge is 2.10. The summed E-state index contributed by atoms with van der Waals surface area (Å²) in [6, 6.07) is 10.4. The molecule has 0 amide bonds. The number of rotatable bonds is 6. The van der Waals surface area contributed by atoms with E-state index in [0.717, 1.165) is 30.8 Å². The number of allylic oxidation sites excluding steroid dienone is 2. The van der Waals surface area contributed by atoms with Crippen molar-refractivity contribution >= 4 is 5.57 Å². The maximum Gasteiger partial charge on any atom is 0.135 e. The average Bonchev–Trinajstić information content (AvgIpc) is 2.86. The Bertz CT molecular complexity index is 564. The van der Waals surface area contributed by atoms with Gasteiger partial charge in [-0.1, -0.05) is 63.1 Å². The zero-order valence-electron chi connectivity index (χ0n) is 12.8. The summed E-state index contributed by atoms with van der Waals surface area (Å²) in [5, 5.41) is 0. The lowest BCUT2D eigenvalue weighted by molar-refractivity contribution is 0.856. The molecule has 2 rings (SSSR count). The van der Waals surface area contributed by atoms with Crippen molar-refractivity contribution < 1.29 is 0 Å². The molecule has 1 aromatic carbocycles. The van der Waals surface area contributed by atoms with E-state index >= 15 is 0 Å². The molecule has 0 N–H and O–H groups in total. The van der Waals surface area contributed by atoms with Gasteiger partial charge in [0.2, 0.25) is 0 Å². The van der Waals surface area contributed by atoms with Crippen LogP contribution >= 0.6 is 0 Å². The van der Waals surface area contributed by atoms with Gasteiger partial charge in [0.05, 0.1) is 5.69 Å². The molecule has 0 aliphatic carbocycles. The molecule has 2 aromatic rings. The predicted molar refractivity (Wildman–Crippen MR) is 86.4 cm³/mol. The SMILES string of the molecule is CCC/C=C(\CCC)c1nc(-c2ccccc2)cn1C. The minimum atomic E-state index is 1.06. The lowest BCUT2D eigenvalue weighted by Gasteiger charge is -2.06. The van der Waals surface area contributed by atoms with Gasteiger partial charge in [-0.05, 0) is 18.4 Å². The fourth-order valence-electron chi connectivity index (χ4n) is 2.41. The van der Waals surface area contributed by atoms with Crippen LogP contribution in [0, 0.1) is 0 Å². The number of imidazole rings is 1. The summed E-state index contributed by atoms with van der Waals surface area (Å²) >= 11 is 0. The maximum absolute atomic E-state index is 4.85. The van der Waals surface area contributed by atoms with Crippen molar-refractivity contribution in [3.63, 3.8) is 0 Å². The van der Waals surface area contributed by atoms with Gasteiger partial charge in [-0.25, -0.2) is 4.98 Å². The van der Waals surface area contributed by atoms with Crippen LogP contribution in [0.25, 0.3) is 16.8 Å². The molecule has 0 bridgehead atoms. The molecular weight excluding hydrogens is 244 g/mol. The largest absolute Gasteiger partial charge is 0.334 e. The van der Waals surface area contributed by atoms with E-state index in [0.29, 0.717) is 0 Å². The van der Waals surface area contributed by atoms with Gasteiger partial charge < -0.3 is 4.57 Å². The van der Waals surface area contributed by atoms with Crippen molar-refractivity contribution in [2.75, 3.05) is 0 Å². The van der Waals surface area contributed by atoms with E-state index in [1.807, 2.05) is 6.07 Å². The summed E-state index contributed by atoms with van der Waals surface area (Å²) in [6.45, 7) is 4.44. The minimum absolute atomic E-state index is 1.06. The molecule has 2 nitrogen and oxygen atoms in total. The Labute approximate surface area is 122 Å². The summed E-state index contributed by atoms with van der Waals surface area (Å²) in [5.74, 6) is 1.11. The zero-order chi connectivity index (χ0) is 14.4. The minimum Gasteiger partial charge on any atom is -0.334 e. The quantitative estimate of drug-likeness (QED) is 0.715. The summed E-state index contributed by atoms with van der Waals surface area (Å²) in [4.78, 5) is 4.85. The van der Waals surface area contributed by atoms with Gasteiger partial charge in [0.1, 0.15) is 5.82 Å². The van der Waals surface area contributed by atoms with Crippen LogP contribution in [0.4, 0.5) is 0 Å². The van der Waals surface area contributed by atoms with Crippen LogP contribution in [0.3, 0.4) is 0 Å². The monoisotopic (exact) mass is 268 g/mol. The van der Waals surface area contributed by atoms with E-state index in [9.17, 15) is 0 Å². The first-order valence-electron chi connectivity index (χ1n) is 7.54. The number of nitrogens with zero attached hydrogens (tertiary/aromatic N) is 2. The predicted octanol–water partition coefficient (Wildman–Crippen LogP) is 5.07. The maximum atomic E-state index is 4.85. The third kappa shape index (κ3) is 3.38. The van der Waals surface area contributed by atoms with E-state index in [-0.39, 0.29) is 0 Å². The smallest absolute Gasteiger partial charge is 0.135 e. The van der Waals surface area contributed by atoms with Gasteiger partial charge in [0.25, 0.3) is 0 Å². The van der Waals surface area contributed by atoms with Gasteiger partial charge in [-0.15, -0.1) is 0 Å². The highest BCUT2D eigenvalue weighted by Crippen LogP contribution is 2.24. The summed E-state index contributed by atoms with van der Waals surface area (Å²) in [7, 11) is 2.09. The molecule has 0 unspecified atom stereocenters. The molecule has 0 fully saturated rings. The lowest BCUT2D eigenvalue weighted by atomic mass is 10.1. The van der Waals surface area contributed by atoms with Gasteiger partial charge in [-0.3, -0.25) is 0 Å². The summed E-state index contributed by atoms with van der Waals surface area (Å²) in [6.07, 6.45) is 9.04. The molecular formula is C18H24N2. The molecule has 1 heterocycles. The van der Waals surface area contributed by atoms with Crippen molar-refractivity contribution in [1.82, 2.24) is 9.55 Å². The fourth-order valence-corrected chi connectivity index (χ4v) is 2.41. The second-order valence-electron chi connectivity index (χ2n) is 5.19. The molecule has 0 radical (unpaired) electrons. The second-order valence-corrected chi connectivity index (χ2v) is 5.19. The number of unbranched alkanes of at least 4 members (excludes halogenated alkanes) is 1. The normalized spacial score (nSPS) is 11.8. The van der Waals surface area contributed by atoms with E-state index in [1.165, 1.54) is 17.6 Å². The fraction of sp³-hybridized carbons (Fsp3) is 0.389. The Morgan fingerprint density at radius 3 is 2.55 bits per heavy atom. The van der Waals surface area contributed by atoms with Crippen molar-refractivity contribution in [3.8, 4) is 11.3 Å². The Morgan fingerprint density at radius 2 is 1.90 bits per heavy atom. The Kier molecular flexibility index (Phi) is 5.16. The first kappa shape index (κ1) is 14.6. The van der Waals surface area contributed by atoms with Crippen molar-refractivity contribution in [2.24, 2.45) is 7.05 Å². The van der Waals surface area contributed by atoms with Crippen LogP contribution in [0.2, 0.25) is 0 Å². The highest BCUT2D eigenvalue weighted by molar-refractivity contribution is 5.65. The van der Waals surface area contributed by atoms with Gasteiger partial charge >= 0.3 is 0 Å². The van der Waals surface area contributed by atoms with E-state index in [2.05, 4.69) is 62.0 Å². The number of aryl methyl sites for hydroxylation is 1. The first-order valence-corrected chi connectivity index (χ1v) is 7.54. The van der Waals surface area contributed by atoms with Crippen molar-refractivity contribution in [3.05, 3.63) is 48.4 Å². The topological polar surface area (TPSA) is 17.8 Å². The summed E-state index contributed by atoms with van der Waals surface area (Å²) < 4.78 is 2.15. The molecule has 0 aliphatic rings. The molecule has 1 aromatic heterocycles. The molecule has 0 aliphatic heterocycles. The molecule has 0 spiro atoms. The molecule has 20 heavy (non-hydrogen) atoms. The number of aromatic nitrogens is 2. The van der Waals surface area contributed by atoms with Crippen LogP contribution in [0.5, 0.6) is 0 Å². The molecule has 0 atom stereocenters. The highest BCUT2D eigenvalue weighted by atomic mass is 15.0. The van der Waals surface area contributed by atoms with Gasteiger partial charge in [0.15, 0.2) is 0 Å². The van der Waals surface area contributed by atoms with E-state index < -0.39 is 0 Å². The standard InChI is InChI=1S/C18H24N2/c1-4-6-11-16(10-5-2)18-19-17(14-20(18)3)15-12-8-7-9-13-15/h7-9,11-14H,4-6,10H2,1-3H3/b16-11+. The van der Waals surface area contributed by atoms with Gasteiger partial charge in [0, 0.05) is 18.8 Å².